The molecular formula is C9H12N2O3. The molecule has 1 heterocycles. The first kappa shape index (κ1) is 10.4. The van der Waals surface area contributed by atoms with Crippen LogP contribution < -0.4 is 11.1 Å². The van der Waals surface area contributed by atoms with Gasteiger partial charge < -0.3 is 4.79 Å². The maximum atomic E-state index is 11.5. The monoisotopic (exact) mass is 196 g/mol. The van der Waals surface area contributed by atoms with Gasteiger partial charge >= 0.3 is 0 Å². The summed E-state index contributed by atoms with van der Waals surface area (Å²) in [6.07, 6.45) is 0.929. The molecule has 0 atom stereocenters. The van der Waals surface area contributed by atoms with Crippen molar-refractivity contribution in [2.24, 2.45) is 0 Å². The number of aryl methyl sites for hydroxylation is 1. The minimum absolute atomic E-state index is 0.221. The van der Waals surface area contributed by atoms with E-state index in [2.05, 4.69) is 5.10 Å². The highest BCUT2D eigenvalue weighted by molar-refractivity contribution is 5.48. The quantitative estimate of drug-likeness (QED) is 0.677. The van der Waals surface area contributed by atoms with Gasteiger partial charge in [-0.3, -0.25) is 14.7 Å². The Balaban J connectivity index is 3.26. The Morgan fingerprint density at radius 3 is 2.50 bits per heavy atom. The van der Waals surface area contributed by atoms with E-state index in [0.29, 0.717) is 17.4 Å². The molecule has 1 aromatic rings. The third kappa shape index (κ3) is 1.81. The van der Waals surface area contributed by atoms with Crippen molar-refractivity contribution in [1.29, 1.82) is 0 Å². The van der Waals surface area contributed by atoms with E-state index < -0.39 is 0 Å². The van der Waals surface area contributed by atoms with Crippen LogP contribution in [-0.4, -0.2) is 16.1 Å². The van der Waals surface area contributed by atoms with Crippen LogP contribution in [0.2, 0.25) is 0 Å². The number of hydrogen-bond acceptors (Lipinski definition) is 3. The fourth-order valence-electron chi connectivity index (χ4n) is 1.13. The van der Waals surface area contributed by atoms with Crippen molar-refractivity contribution < 1.29 is 4.79 Å². The highest BCUT2D eigenvalue weighted by Crippen LogP contribution is 1.91. The normalized spacial score (nSPS) is 10.1. The van der Waals surface area contributed by atoms with Crippen molar-refractivity contribution in [3.63, 3.8) is 0 Å². The zero-order valence-corrected chi connectivity index (χ0v) is 8.16. The number of carbonyl (C=O) groups is 1. The van der Waals surface area contributed by atoms with Crippen LogP contribution in [0.5, 0.6) is 0 Å². The SMILES string of the molecule is Cc1c(C)c(=O)n(CCC=O)[nH]c1=O. The molecule has 0 spiro atoms. The van der Waals surface area contributed by atoms with Gasteiger partial charge in [0, 0.05) is 24.1 Å². The first-order valence-electron chi connectivity index (χ1n) is 4.32. The van der Waals surface area contributed by atoms with Crippen LogP contribution in [0.3, 0.4) is 0 Å². The lowest BCUT2D eigenvalue weighted by molar-refractivity contribution is -0.108. The summed E-state index contributed by atoms with van der Waals surface area (Å²) in [6.45, 7) is 3.42. The minimum Gasteiger partial charge on any atom is -0.303 e. The van der Waals surface area contributed by atoms with Crippen molar-refractivity contribution in [1.82, 2.24) is 9.78 Å². The van der Waals surface area contributed by atoms with E-state index in [1.807, 2.05) is 0 Å². The van der Waals surface area contributed by atoms with Gasteiger partial charge in [0.05, 0.1) is 0 Å². The highest BCUT2D eigenvalue weighted by atomic mass is 16.2. The number of aromatic amines is 1. The summed E-state index contributed by atoms with van der Waals surface area (Å²) in [4.78, 5) is 32.9. The molecule has 0 unspecified atom stereocenters. The molecule has 0 fully saturated rings. The van der Waals surface area contributed by atoms with Gasteiger partial charge in [-0.05, 0) is 13.8 Å². The first-order valence-corrected chi connectivity index (χ1v) is 4.32. The average molecular weight is 196 g/mol. The summed E-state index contributed by atoms with van der Waals surface area (Å²) in [5, 5.41) is 2.41. The molecule has 0 aliphatic rings. The second kappa shape index (κ2) is 4.04. The smallest absolute Gasteiger partial charge is 0.268 e. The number of nitrogens with zero attached hydrogens (tertiary/aromatic N) is 1. The summed E-state index contributed by atoms with van der Waals surface area (Å²) in [7, 11) is 0. The molecule has 0 bridgehead atoms. The number of aldehydes is 1. The van der Waals surface area contributed by atoms with Crippen molar-refractivity contribution in [2.75, 3.05) is 0 Å². The van der Waals surface area contributed by atoms with Gasteiger partial charge in [-0.1, -0.05) is 0 Å². The van der Waals surface area contributed by atoms with Gasteiger partial charge in [-0.15, -0.1) is 0 Å². The Morgan fingerprint density at radius 1 is 1.29 bits per heavy atom. The Hall–Kier alpha value is -1.65. The van der Waals surface area contributed by atoms with Gasteiger partial charge in [0.25, 0.3) is 11.1 Å². The molecule has 1 aromatic heterocycles. The second-order valence-electron chi connectivity index (χ2n) is 3.10. The molecule has 1 N–H and O–H groups in total. The summed E-state index contributed by atoms with van der Waals surface area (Å²) >= 11 is 0. The van der Waals surface area contributed by atoms with E-state index in [1.165, 1.54) is 4.68 Å². The van der Waals surface area contributed by atoms with Crippen LogP contribution in [0.4, 0.5) is 0 Å². The van der Waals surface area contributed by atoms with Gasteiger partial charge in [0.2, 0.25) is 0 Å². The van der Waals surface area contributed by atoms with Crippen molar-refractivity contribution in [3.05, 3.63) is 31.8 Å². The molecule has 5 nitrogen and oxygen atoms in total. The Labute approximate surface area is 80.4 Å². The highest BCUT2D eigenvalue weighted by Gasteiger charge is 2.05. The summed E-state index contributed by atoms with van der Waals surface area (Å²) in [6, 6.07) is 0. The summed E-state index contributed by atoms with van der Waals surface area (Å²) in [5.41, 5.74) is 0.328. The number of rotatable bonds is 3. The van der Waals surface area contributed by atoms with E-state index in [1.54, 1.807) is 13.8 Å². The lowest BCUT2D eigenvalue weighted by atomic mass is 10.2. The van der Waals surface area contributed by atoms with Crippen LogP contribution in [0.1, 0.15) is 17.5 Å². The third-order valence-corrected chi connectivity index (χ3v) is 2.18. The van der Waals surface area contributed by atoms with Crippen LogP contribution in [0.25, 0.3) is 0 Å². The molecule has 0 amide bonds. The average Bonchev–Trinajstić information content (AvgIpc) is 2.18. The Bertz CT molecular complexity index is 456. The van der Waals surface area contributed by atoms with Crippen LogP contribution in [0.15, 0.2) is 9.59 Å². The Kier molecular flexibility index (Phi) is 3.01. The zero-order valence-electron chi connectivity index (χ0n) is 8.16. The number of nitrogens with one attached hydrogen (secondary N) is 1. The van der Waals surface area contributed by atoms with Gasteiger partial charge in [-0.25, -0.2) is 4.68 Å². The summed E-state index contributed by atoms with van der Waals surface area (Å²) in [5.74, 6) is 0. The first-order chi connectivity index (χ1) is 6.57. The lowest BCUT2D eigenvalue weighted by Crippen LogP contribution is -2.33. The molecule has 0 aromatic carbocycles. The molecule has 14 heavy (non-hydrogen) atoms. The van der Waals surface area contributed by atoms with Gasteiger partial charge in [0.15, 0.2) is 0 Å². The molecule has 0 saturated heterocycles. The molecule has 0 saturated carbocycles. The lowest BCUT2D eigenvalue weighted by Gasteiger charge is -2.05. The molecule has 1 rings (SSSR count). The van der Waals surface area contributed by atoms with Crippen molar-refractivity contribution in [3.8, 4) is 0 Å². The van der Waals surface area contributed by atoms with Gasteiger partial charge in [0.1, 0.15) is 6.29 Å². The second-order valence-corrected chi connectivity index (χ2v) is 3.10. The predicted octanol–water partition coefficient (Wildman–Crippen LogP) is -0.258. The van der Waals surface area contributed by atoms with Crippen LogP contribution in [0, 0.1) is 13.8 Å². The number of hydrogen-bond donors (Lipinski definition) is 1. The maximum absolute atomic E-state index is 11.5. The molecule has 0 aliphatic carbocycles. The van der Waals surface area contributed by atoms with Crippen LogP contribution in [-0.2, 0) is 11.3 Å². The number of H-pyrrole nitrogens is 1. The predicted molar refractivity (Wildman–Crippen MR) is 51.5 cm³/mol. The van der Waals surface area contributed by atoms with Crippen molar-refractivity contribution in [2.45, 2.75) is 26.8 Å². The van der Waals surface area contributed by atoms with E-state index >= 15 is 0 Å². The van der Waals surface area contributed by atoms with E-state index in [9.17, 15) is 14.4 Å². The Morgan fingerprint density at radius 2 is 1.93 bits per heavy atom. The van der Waals surface area contributed by atoms with Crippen molar-refractivity contribution >= 4 is 6.29 Å². The van der Waals surface area contributed by atoms with Crippen LogP contribution >= 0.6 is 0 Å². The zero-order chi connectivity index (χ0) is 10.7. The largest absolute Gasteiger partial charge is 0.303 e. The fraction of sp³-hybridized carbons (Fsp3) is 0.444. The minimum atomic E-state index is -0.284. The van der Waals surface area contributed by atoms with E-state index in [4.69, 9.17) is 0 Å². The number of aromatic nitrogens is 2. The van der Waals surface area contributed by atoms with E-state index in [0.717, 1.165) is 0 Å². The van der Waals surface area contributed by atoms with Gasteiger partial charge in [-0.2, -0.15) is 0 Å². The third-order valence-electron chi connectivity index (χ3n) is 2.18. The standard InChI is InChI=1S/C9H12N2O3/c1-6-7(2)9(14)11(4-3-5-12)10-8(6)13/h5H,3-4H2,1-2H3,(H,10,13). The topological polar surface area (TPSA) is 71.9 Å². The molecular weight excluding hydrogens is 184 g/mol. The number of carbonyl (C=O) groups excluding carboxylic acids is 1. The van der Waals surface area contributed by atoms with E-state index in [-0.39, 0.29) is 24.1 Å². The molecule has 0 radical (unpaired) electrons. The molecule has 5 heteroatoms. The molecule has 0 aliphatic heterocycles. The fourth-order valence-corrected chi connectivity index (χ4v) is 1.13. The molecule has 76 valence electrons. The summed E-state index contributed by atoms with van der Waals surface area (Å²) < 4.78 is 1.17. The maximum Gasteiger partial charge on any atom is 0.268 e.